The van der Waals surface area contributed by atoms with Crippen LogP contribution < -0.4 is 11.1 Å². The van der Waals surface area contributed by atoms with Crippen LogP contribution in [0.25, 0.3) is 0 Å². The van der Waals surface area contributed by atoms with Crippen molar-refractivity contribution < 1.29 is 13.3 Å². The minimum atomic E-state index is -2.50. The van der Waals surface area contributed by atoms with Crippen LogP contribution in [-0.4, -0.2) is 42.6 Å². The minimum absolute atomic E-state index is 0.113. The Labute approximate surface area is 96.6 Å². The molecule has 0 aliphatic heterocycles. The molecule has 0 saturated heterocycles. The zero-order valence-corrected chi connectivity index (χ0v) is 10.8. The molecule has 0 heterocycles. The molecule has 0 fully saturated rings. The van der Waals surface area contributed by atoms with Crippen molar-refractivity contribution in [3.63, 3.8) is 0 Å². The van der Waals surface area contributed by atoms with Crippen LogP contribution in [0.2, 0.25) is 6.04 Å². The van der Waals surface area contributed by atoms with Gasteiger partial charge in [0.05, 0.1) is 0 Å². The van der Waals surface area contributed by atoms with Gasteiger partial charge in [0, 0.05) is 33.9 Å². The predicted molar refractivity (Wildman–Crippen MR) is 61.4 cm³/mol. The molecule has 0 aromatic heterocycles. The Balaban J connectivity index is 3.97. The molecule has 7 nitrogen and oxygen atoms in total. The second-order valence-corrected chi connectivity index (χ2v) is 5.99. The third kappa shape index (κ3) is 5.08. The number of nitriles is 1. The molecule has 0 amide bonds. The number of nitrogens with zero attached hydrogens (tertiary/aromatic N) is 2. The summed E-state index contributed by atoms with van der Waals surface area (Å²) in [6.45, 7) is 0.491. The van der Waals surface area contributed by atoms with Gasteiger partial charge in [0.2, 0.25) is 5.96 Å². The third-order valence-electron chi connectivity index (χ3n) is 2.04. The van der Waals surface area contributed by atoms with Gasteiger partial charge in [-0.3, -0.25) is 10.3 Å². The smallest absolute Gasteiger partial charge is 0.377 e. The van der Waals surface area contributed by atoms with Crippen molar-refractivity contribution in [1.29, 1.82) is 5.26 Å². The number of nitrogens with two attached hydrogens (primary N) is 1. The monoisotopic (exact) mass is 246 g/mol. The lowest BCUT2D eigenvalue weighted by molar-refractivity contribution is 0.123. The Morgan fingerprint density at radius 3 is 2.38 bits per heavy atom. The summed E-state index contributed by atoms with van der Waals surface area (Å²) in [6.07, 6.45) is 2.40. The van der Waals surface area contributed by atoms with Gasteiger partial charge in [0.25, 0.3) is 0 Å². The van der Waals surface area contributed by atoms with Crippen LogP contribution in [0.4, 0.5) is 0 Å². The quantitative estimate of drug-likeness (QED) is 0.159. The molecular weight excluding hydrogens is 228 g/mol. The van der Waals surface area contributed by atoms with Crippen molar-refractivity contribution in [3.05, 3.63) is 0 Å². The third-order valence-corrected chi connectivity index (χ3v) is 4.87. The van der Waals surface area contributed by atoms with Crippen LogP contribution in [-0.2, 0) is 13.3 Å². The van der Waals surface area contributed by atoms with Gasteiger partial charge in [-0.15, -0.1) is 0 Å². The van der Waals surface area contributed by atoms with Crippen LogP contribution in [0.15, 0.2) is 4.99 Å². The Hall–Kier alpha value is -1.14. The molecule has 0 spiro atoms. The molecule has 0 unspecified atom stereocenters. The number of rotatable bonds is 7. The highest BCUT2D eigenvalue weighted by atomic mass is 28.4. The molecule has 3 N–H and O–H groups in total. The molecule has 0 radical (unpaired) electrons. The molecule has 0 aromatic carbocycles. The molecule has 0 saturated carbocycles. The molecule has 0 bridgehead atoms. The largest absolute Gasteiger partial charge is 0.500 e. The van der Waals surface area contributed by atoms with E-state index in [4.69, 9.17) is 24.3 Å². The van der Waals surface area contributed by atoms with Gasteiger partial charge in [0.15, 0.2) is 6.19 Å². The highest BCUT2D eigenvalue weighted by Crippen LogP contribution is 2.14. The Kier molecular flexibility index (Phi) is 7.48. The second kappa shape index (κ2) is 8.06. The van der Waals surface area contributed by atoms with E-state index in [1.54, 1.807) is 27.5 Å². The van der Waals surface area contributed by atoms with Gasteiger partial charge in [-0.25, -0.2) is 0 Å². The number of hydrogen-bond donors (Lipinski definition) is 2. The van der Waals surface area contributed by atoms with E-state index in [-0.39, 0.29) is 5.96 Å². The van der Waals surface area contributed by atoms with E-state index in [1.807, 2.05) is 0 Å². The van der Waals surface area contributed by atoms with Gasteiger partial charge >= 0.3 is 8.80 Å². The molecule has 16 heavy (non-hydrogen) atoms. The first-order valence-electron chi connectivity index (χ1n) is 4.74. The van der Waals surface area contributed by atoms with E-state index < -0.39 is 8.80 Å². The number of guanidine groups is 1. The van der Waals surface area contributed by atoms with Crippen LogP contribution in [0, 0.1) is 11.5 Å². The van der Waals surface area contributed by atoms with Crippen LogP contribution in [0.1, 0.15) is 6.42 Å². The molecule has 0 rings (SSSR count). The molecule has 0 aromatic rings. The minimum Gasteiger partial charge on any atom is -0.377 e. The topological polar surface area (TPSA) is 102 Å². The SMILES string of the molecule is CO[Si](CCCN=C(N)NC#N)(OC)OC. The maximum atomic E-state index is 8.26. The summed E-state index contributed by atoms with van der Waals surface area (Å²) in [6, 6.07) is 0.653. The van der Waals surface area contributed by atoms with Gasteiger partial charge in [0.1, 0.15) is 0 Å². The first-order valence-corrected chi connectivity index (χ1v) is 6.67. The Morgan fingerprint density at radius 1 is 1.38 bits per heavy atom. The summed E-state index contributed by atoms with van der Waals surface area (Å²) < 4.78 is 15.7. The molecule has 0 aliphatic carbocycles. The average molecular weight is 246 g/mol. The summed E-state index contributed by atoms with van der Waals surface area (Å²) in [5.41, 5.74) is 5.37. The van der Waals surface area contributed by atoms with E-state index in [9.17, 15) is 0 Å². The highest BCUT2D eigenvalue weighted by Gasteiger charge is 2.36. The lowest BCUT2D eigenvalue weighted by Crippen LogP contribution is -2.42. The average Bonchev–Trinajstić information content (AvgIpc) is 2.31. The fourth-order valence-corrected chi connectivity index (χ4v) is 2.85. The van der Waals surface area contributed by atoms with E-state index >= 15 is 0 Å². The van der Waals surface area contributed by atoms with Crippen molar-refractivity contribution in [2.24, 2.45) is 10.7 Å². The van der Waals surface area contributed by atoms with Gasteiger partial charge < -0.3 is 19.0 Å². The molecule has 8 heteroatoms. The van der Waals surface area contributed by atoms with E-state index in [2.05, 4.69) is 10.3 Å². The fraction of sp³-hybridized carbons (Fsp3) is 0.750. The molecule has 0 atom stereocenters. The van der Waals surface area contributed by atoms with Gasteiger partial charge in [-0.1, -0.05) is 0 Å². The van der Waals surface area contributed by atoms with Crippen molar-refractivity contribution >= 4 is 14.8 Å². The number of nitrogens with one attached hydrogen (secondary N) is 1. The molecule has 0 aliphatic rings. The van der Waals surface area contributed by atoms with Crippen LogP contribution >= 0.6 is 0 Å². The number of aliphatic imine (C=N–C) groups is 1. The lowest BCUT2D eigenvalue weighted by atomic mass is 10.5. The first kappa shape index (κ1) is 14.9. The van der Waals surface area contributed by atoms with Crippen LogP contribution in [0.3, 0.4) is 0 Å². The summed E-state index contributed by atoms with van der Waals surface area (Å²) in [7, 11) is 2.19. The van der Waals surface area contributed by atoms with Crippen LogP contribution in [0.5, 0.6) is 0 Å². The van der Waals surface area contributed by atoms with Crippen molar-refractivity contribution in [2.75, 3.05) is 27.9 Å². The van der Waals surface area contributed by atoms with E-state index in [1.165, 1.54) is 0 Å². The maximum Gasteiger partial charge on any atom is 0.500 e. The summed E-state index contributed by atoms with van der Waals surface area (Å²) in [5.74, 6) is 0.113. The zero-order valence-electron chi connectivity index (χ0n) is 9.82. The van der Waals surface area contributed by atoms with Crippen molar-refractivity contribution in [2.45, 2.75) is 12.5 Å². The summed E-state index contributed by atoms with van der Waals surface area (Å²) >= 11 is 0. The van der Waals surface area contributed by atoms with Gasteiger partial charge in [-0.2, -0.15) is 5.26 Å². The van der Waals surface area contributed by atoms with E-state index in [0.29, 0.717) is 12.6 Å². The van der Waals surface area contributed by atoms with Crippen molar-refractivity contribution in [1.82, 2.24) is 5.32 Å². The lowest BCUT2D eigenvalue weighted by Gasteiger charge is -2.23. The Morgan fingerprint density at radius 2 is 1.94 bits per heavy atom. The van der Waals surface area contributed by atoms with E-state index in [0.717, 1.165) is 6.42 Å². The summed E-state index contributed by atoms with van der Waals surface area (Å²) in [4.78, 5) is 3.94. The number of hydrogen-bond acceptors (Lipinski definition) is 5. The van der Waals surface area contributed by atoms with Crippen molar-refractivity contribution in [3.8, 4) is 6.19 Å². The first-order chi connectivity index (χ1) is 7.64. The molecular formula is C8H18N4O3Si. The normalized spacial score (nSPS) is 12.2. The van der Waals surface area contributed by atoms with Gasteiger partial charge in [-0.05, 0) is 6.42 Å². The standard InChI is InChI=1S/C8H18N4O3Si/c1-13-16(14-2,15-3)6-4-5-11-8(10)12-7-9/h4-6H2,1-3H3,(H3,10,11,12). The summed E-state index contributed by atoms with van der Waals surface area (Å²) in [5, 5.41) is 10.5. The molecule has 92 valence electrons. The highest BCUT2D eigenvalue weighted by molar-refractivity contribution is 6.60. The Bertz CT molecular complexity index is 254. The zero-order chi connectivity index (χ0) is 12.4. The second-order valence-electron chi connectivity index (χ2n) is 2.90. The maximum absolute atomic E-state index is 8.26. The predicted octanol–water partition coefficient (Wildman–Crippen LogP) is -0.360. The fourth-order valence-electron chi connectivity index (χ4n) is 1.15.